The first kappa shape index (κ1) is 18.8. The molecule has 0 spiro atoms. The lowest BCUT2D eigenvalue weighted by molar-refractivity contribution is 0.0697. The lowest BCUT2D eigenvalue weighted by Crippen LogP contribution is -2.07. The molecule has 1 heterocycles. The third kappa shape index (κ3) is 4.42. The number of hydrogen-bond donors (Lipinski definition) is 1. The number of carboxylic acid groups (broad SMARTS) is 1. The van der Waals surface area contributed by atoms with Crippen LogP contribution in [0.15, 0.2) is 48.5 Å². The van der Waals surface area contributed by atoms with Gasteiger partial charge < -0.3 is 5.11 Å². The molecule has 1 N–H and O–H groups in total. The lowest BCUT2D eigenvalue weighted by atomic mass is 9.99. The quantitative estimate of drug-likeness (QED) is 0.635. The number of rotatable bonds is 8. The van der Waals surface area contributed by atoms with Crippen LogP contribution < -0.4 is 0 Å². The molecule has 27 heavy (non-hydrogen) atoms. The van der Waals surface area contributed by atoms with Crippen LogP contribution in [-0.4, -0.2) is 25.8 Å². The standard InChI is InChI=1S/C22H25N3O2/c1-3-5-10-21-23-20(4-2)24-25(21)15-16-11-13-17(14-12-16)18-8-6-7-9-19(18)22(26)27/h6-9,11-14H,3-5,10,15H2,1-2H3,(H,26,27). The topological polar surface area (TPSA) is 68.0 Å². The van der Waals surface area contributed by atoms with E-state index in [4.69, 9.17) is 0 Å². The number of carboxylic acids is 1. The summed E-state index contributed by atoms with van der Waals surface area (Å²) in [5.41, 5.74) is 3.07. The van der Waals surface area contributed by atoms with E-state index in [-0.39, 0.29) is 0 Å². The molecule has 0 saturated heterocycles. The van der Waals surface area contributed by atoms with E-state index >= 15 is 0 Å². The molecule has 3 aromatic rings. The second-order valence-electron chi connectivity index (χ2n) is 6.61. The van der Waals surface area contributed by atoms with Gasteiger partial charge >= 0.3 is 5.97 Å². The van der Waals surface area contributed by atoms with Gasteiger partial charge in [-0.25, -0.2) is 14.5 Å². The van der Waals surface area contributed by atoms with Gasteiger partial charge in [-0.2, -0.15) is 5.10 Å². The lowest BCUT2D eigenvalue weighted by Gasteiger charge is -2.09. The van der Waals surface area contributed by atoms with Crippen LogP contribution in [0.1, 0.15) is 54.3 Å². The summed E-state index contributed by atoms with van der Waals surface area (Å²) in [6.45, 7) is 4.92. The summed E-state index contributed by atoms with van der Waals surface area (Å²) >= 11 is 0. The summed E-state index contributed by atoms with van der Waals surface area (Å²) in [7, 11) is 0. The second kappa shape index (κ2) is 8.62. The van der Waals surface area contributed by atoms with Crippen LogP contribution in [-0.2, 0) is 19.4 Å². The Balaban J connectivity index is 1.83. The normalized spacial score (nSPS) is 10.9. The minimum Gasteiger partial charge on any atom is -0.478 e. The van der Waals surface area contributed by atoms with Gasteiger partial charge in [-0.1, -0.05) is 62.7 Å². The number of aromatic nitrogens is 3. The average molecular weight is 363 g/mol. The van der Waals surface area contributed by atoms with Gasteiger partial charge in [0.25, 0.3) is 0 Å². The van der Waals surface area contributed by atoms with Crippen LogP contribution in [0.25, 0.3) is 11.1 Å². The van der Waals surface area contributed by atoms with Crippen molar-refractivity contribution in [1.29, 1.82) is 0 Å². The van der Waals surface area contributed by atoms with Gasteiger partial charge in [0.05, 0.1) is 12.1 Å². The van der Waals surface area contributed by atoms with E-state index in [0.29, 0.717) is 12.1 Å². The largest absolute Gasteiger partial charge is 0.478 e. The molecule has 5 nitrogen and oxygen atoms in total. The molecule has 0 radical (unpaired) electrons. The van der Waals surface area contributed by atoms with Crippen molar-refractivity contribution in [1.82, 2.24) is 14.8 Å². The van der Waals surface area contributed by atoms with Gasteiger partial charge in [-0.3, -0.25) is 0 Å². The molecular weight excluding hydrogens is 338 g/mol. The molecule has 0 aliphatic heterocycles. The van der Waals surface area contributed by atoms with Crippen LogP contribution >= 0.6 is 0 Å². The molecule has 0 saturated carbocycles. The minimum absolute atomic E-state index is 0.316. The third-order valence-electron chi connectivity index (χ3n) is 4.62. The Bertz CT molecular complexity index is 914. The Labute approximate surface area is 159 Å². The number of carbonyl (C=O) groups is 1. The highest BCUT2D eigenvalue weighted by Gasteiger charge is 2.12. The van der Waals surface area contributed by atoms with Crippen LogP contribution in [0.5, 0.6) is 0 Å². The predicted octanol–water partition coefficient (Wildman–Crippen LogP) is 4.60. The molecule has 0 fully saturated rings. The Hall–Kier alpha value is -2.95. The zero-order valence-electron chi connectivity index (χ0n) is 15.9. The number of nitrogens with zero attached hydrogens (tertiary/aromatic N) is 3. The van der Waals surface area contributed by atoms with Crippen LogP contribution in [0.3, 0.4) is 0 Å². The number of hydrogen-bond acceptors (Lipinski definition) is 3. The maximum absolute atomic E-state index is 11.4. The molecule has 2 aromatic carbocycles. The zero-order chi connectivity index (χ0) is 19.2. The van der Waals surface area contributed by atoms with E-state index in [1.165, 1.54) is 0 Å². The molecule has 1 aromatic heterocycles. The summed E-state index contributed by atoms with van der Waals surface area (Å²) in [6.07, 6.45) is 4.00. The second-order valence-corrected chi connectivity index (χ2v) is 6.61. The molecular formula is C22H25N3O2. The first-order valence-corrected chi connectivity index (χ1v) is 9.46. The van der Waals surface area contributed by atoms with Crippen molar-refractivity contribution < 1.29 is 9.90 Å². The first-order chi connectivity index (χ1) is 13.1. The van der Waals surface area contributed by atoms with Crippen LogP contribution in [0, 0.1) is 0 Å². The van der Waals surface area contributed by atoms with Gasteiger partial charge in [0.15, 0.2) is 5.82 Å². The molecule has 5 heteroatoms. The number of aryl methyl sites for hydroxylation is 2. The molecule has 0 unspecified atom stereocenters. The number of benzene rings is 2. The van der Waals surface area contributed by atoms with Crippen molar-refractivity contribution in [2.75, 3.05) is 0 Å². The van der Waals surface area contributed by atoms with E-state index in [1.807, 2.05) is 41.1 Å². The smallest absolute Gasteiger partial charge is 0.336 e. The van der Waals surface area contributed by atoms with Crippen molar-refractivity contribution in [2.24, 2.45) is 0 Å². The van der Waals surface area contributed by atoms with Gasteiger partial charge in [0.2, 0.25) is 0 Å². The molecule has 0 atom stereocenters. The number of aromatic carboxylic acids is 1. The van der Waals surface area contributed by atoms with Gasteiger partial charge in [-0.05, 0) is 29.2 Å². The minimum atomic E-state index is -0.912. The van der Waals surface area contributed by atoms with E-state index < -0.39 is 5.97 Å². The highest BCUT2D eigenvalue weighted by molar-refractivity contribution is 5.95. The monoisotopic (exact) mass is 363 g/mol. The Morgan fingerprint density at radius 1 is 1.07 bits per heavy atom. The highest BCUT2D eigenvalue weighted by atomic mass is 16.4. The fraction of sp³-hybridized carbons (Fsp3) is 0.318. The average Bonchev–Trinajstić information content (AvgIpc) is 3.08. The van der Waals surface area contributed by atoms with Crippen molar-refractivity contribution in [3.8, 4) is 11.1 Å². The Kier molecular flexibility index (Phi) is 6.01. The molecule has 0 aliphatic rings. The van der Waals surface area contributed by atoms with Crippen molar-refractivity contribution >= 4 is 5.97 Å². The maximum atomic E-state index is 11.4. The Morgan fingerprint density at radius 3 is 2.48 bits per heavy atom. The predicted molar refractivity (Wildman–Crippen MR) is 106 cm³/mol. The molecule has 0 aliphatic carbocycles. The van der Waals surface area contributed by atoms with Crippen molar-refractivity contribution in [3.63, 3.8) is 0 Å². The third-order valence-corrected chi connectivity index (χ3v) is 4.62. The van der Waals surface area contributed by atoms with Crippen LogP contribution in [0.2, 0.25) is 0 Å². The number of unbranched alkanes of at least 4 members (excludes halogenated alkanes) is 1. The molecule has 140 valence electrons. The van der Waals surface area contributed by atoms with E-state index in [2.05, 4.69) is 23.9 Å². The molecule has 3 rings (SSSR count). The summed E-state index contributed by atoms with van der Waals surface area (Å²) in [4.78, 5) is 16.1. The van der Waals surface area contributed by atoms with Gasteiger partial charge in [-0.15, -0.1) is 0 Å². The van der Waals surface area contributed by atoms with E-state index in [9.17, 15) is 9.90 Å². The van der Waals surface area contributed by atoms with E-state index in [0.717, 1.165) is 54.0 Å². The zero-order valence-corrected chi connectivity index (χ0v) is 15.9. The van der Waals surface area contributed by atoms with Gasteiger partial charge in [0.1, 0.15) is 5.82 Å². The fourth-order valence-electron chi connectivity index (χ4n) is 3.11. The summed E-state index contributed by atoms with van der Waals surface area (Å²) in [6, 6.07) is 15.1. The maximum Gasteiger partial charge on any atom is 0.336 e. The highest BCUT2D eigenvalue weighted by Crippen LogP contribution is 2.24. The van der Waals surface area contributed by atoms with Crippen molar-refractivity contribution in [3.05, 3.63) is 71.3 Å². The van der Waals surface area contributed by atoms with Crippen molar-refractivity contribution in [2.45, 2.75) is 46.1 Å². The van der Waals surface area contributed by atoms with E-state index in [1.54, 1.807) is 12.1 Å². The SMILES string of the molecule is CCCCc1nc(CC)nn1Cc1ccc(-c2ccccc2C(=O)O)cc1. The Morgan fingerprint density at radius 2 is 1.81 bits per heavy atom. The first-order valence-electron chi connectivity index (χ1n) is 9.46. The fourth-order valence-corrected chi connectivity index (χ4v) is 3.11. The van der Waals surface area contributed by atoms with Gasteiger partial charge in [0, 0.05) is 12.8 Å². The molecule has 0 bridgehead atoms. The van der Waals surface area contributed by atoms with Crippen LogP contribution in [0.4, 0.5) is 0 Å². The summed E-state index contributed by atoms with van der Waals surface area (Å²) in [5, 5.41) is 14.0. The molecule has 0 amide bonds. The summed E-state index contributed by atoms with van der Waals surface area (Å²) in [5.74, 6) is 1.01. The summed E-state index contributed by atoms with van der Waals surface area (Å²) < 4.78 is 1.99.